The Morgan fingerprint density at radius 2 is 1.95 bits per heavy atom. The number of hydrogen-bond donors (Lipinski definition) is 2. The molecule has 1 heterocycles. The van der Waals surface area contributed by atoms with Gasteiger partial charge in [0.25, 0.3) is 0 Å². The first-order valence-electron chi connectivity index (χ1n) is 6.74. The maximum atomic E-state index is 5.32. The van der Waals surface area contributed by atoms with Gasteiger partial charge in [-0.3, -0.25) is 4.90 Å². The highest BCUT2D eigenvalue weighted by Crippen LogP contribution is 2.04. The van der Waals surface area contributed by atoms with Crippen molar-refractivity contribution in [1.29, 1.82) is 0 Å². The highest BCUT2D eigenvalue weighted by Gasteiger charge is 2.09. The Morgan fingerprint density at radius 3 is 2.68 bits per heavy atom. The molecule has 0 saturated carbocycles. The van der Waals surface area contributed by atoms with E-state index in [0.717, 1.165) is 51.5 Å². The lowest BCUT2D eigenvalue weighted by Crippen LogP contribution is -2.38. The second-order valence-corrected chi connectivity index (χ2v) is 4.96. The lowest BCUT2D eigenvalue weighted by molar-refractivity contribution is 0.0376. The molecule has 104 valence electrons. The number of nitrogens with one attached hydrogen (secondary N) is 2. The molecule has 0 aromatic heterocycles. The predicted molar refractivity (Wildman–Crippen MR) is 82.5 cm³/mol. The van der Waals surface area contributed by atoms with E-state index in [9.17, 15) is 0 Å². The van der Waals surface area contributed by atoms with Crippen LogP contribution in [0.2, 0.25) is 0 Å². The van der Waals surface area contributed by atoms with Gasteiger partial charge in [-0.15, -0.1) is 0 Å². The minimum absolute atomic E-state index is 0.688. The molecule has 2 N–H and O–H groups in total. The lowest BCUT2D eigenvalue weighted by Gasteiger charge is -2.26. The van der Waals surface area contributed by atoms with Gasteiger partial charge in [0.05, 0.1) is 13.2 Å². The smallest absolute Gasteiger partial charge is 0.170 e. The molecule has 5 heteroatoms. The normalized spacial score (nSPS) is 16.0. The predicted octanol–water partition coefficient (Wildman–Crippen LogP) is 1.70. The molecule has 0 bridgehead atoms. The zero-order chi connectivity index (χ0) is 13.3. The molecule has 1 aliphatic rings. The molecule has 2 rings (SSSR count). The van der Waals surface area contributed by atoms with Gasteiger partial charge >= 0.3 is 0 Å². The van der Waals surface area contributed by atoms with Crippen LogP contribution in [0.1, 0.15) is 6.42 Å². The van der Waals surface area contributed by atoms with Crippen LogP contribution in [0, 0.1) is 0 Å². The van der Waals surface area contributed by atoms with Crippen molar-refractivity contribution < 1.29 is 4.74 Å². The number of anilines is 1. The molecule has 1 saturated heterocycles. The number of nitrogens with zero attached hydrogens (tertiary/aromatic N) is 1. The molecule has 1 aromatic carbocycles. The number of benzene rings is 1. The first kappa shape index (κ1) is 14.2. The Bertz CT molecular complexity index is 380. The van der Waals surface area contributed by atoms with E-state index >= 15 is 0 Å². The molecule has 0 atom stereocenters. The number of thiocarbonyl (C=S) groups is 1. The number of rotatable bonds is 5. The Hall–Kier alpha value is -1.17. The van der Waals surface area contributed by atoms with Crippen LogP contribution in [-0.2, 0) is 4.74 Å². The molecule has 0 spiro atoms. The van der Waals surface area contributed by atoms with Crippen molar-refractivity contribution in [2.24, 2.45) is 0 Å². The van der Waals surface area contributed by atoms with E-state index in [2.05, 4.69) is 15.5 Å². The van der Waals surface area contributed by atoms with Gasteiger partial charge in [0.1, 0.15) is 0 Å². The van der Waals surface area contributed by atoms with Crippen molar-refractivity contribution in [3.05, 3.63) is 30.3 Å². The summed E-state index contributed by atoms with van der Waals surface area (Å²) in [5, 5.41) is 7.09. The van der Waals surface area contributed by atoms with Crippen LogP contribution < -0.4 is 10.6 Å². The zero-order valence-corrected chi connectivity index (χ0v) is 11.9. The van der Waals surface area contributed by atoms with Crippen LogP contribution in [0.25, 0.3) is 0 Å². The molecule has 0 unspecified atom stereocenters. The van der Waals surface area contributed by atoms with Crippen LogP contribution in [0.3, 0.4) is 0 Å². The summed E-state index contributed by atoms with van der Waals surface area (Å²) in [5.74, 6) is 0. The van der Waals surface area contributed by atoms with Crippen molar-refractivity contribution in [3.8, 4) is 0 Å². The Kier molecular flexibility index (Phi) is 6.07. The van der Waals surface area contributed by atoms with Crippen molar-refractivity contribution in [2.75, 3.05) is 44.7 Å². The van der Waals surface area contributed by atoms with Crippen LogP contribution in [0.4, 0.5) is 5.69 Å². The van der Waals surface area contributed by atoms with Gasteiger partial charge in [0.2, 0.25) is 0 Å². The first-order valence-corrected chi connectivity index (χ1v) is 7.15. The summed E-state index contributed by atoms with van der Waals surface area (Å²) in [6.07, 6.45) is 1.09. The molecule has 1 aliphatic heterocycles. The minimum Gasteiger partial charge on any atom is -0.379 e. The van der Waals surface area contributed by atoms with Gasteiger partial charge in [-0.05, 0) is 37.3 Å². The average molecular weight is 279 g/mol. The van der Waals surface area contributed by atoms with Gasteiger partial charge in [-0.1, -0.05) is 18.2 Å². The third-order valence-corrected chi connectivity index (χ3v) is 3.32. The molecule has 1 fully saturated rings. The third-order valence-electron chi connectivity index (χ3n) is 3.07. The van der Waals surface area contributed by atoms with Crippen LogP contribution >= 0.6 is 12.2 Å². The topological polar surface area (TPSA) is 36.5 Å². The fourth-order valence-corrected chi connectivity index (χ4v) is 2.25. The monoisotopic (exact) mass is 279 g/mol. The van der Waals surface area contributed by atoms with Crippen molar-refractivity contribution in [1.82, 2.24) is 10.2 Å². The van der Waals surface area contributed by atoms with Gasteiger partial charge < -0.3 is 15.4 Å². The third kappa shape index (κ3) is 5.55. The van der Waals surface area contributed by atoms with E-state index in [1.165, 1.54) is 0 Å². The number of hydrogen-bond acceptors (Lipinski definition) is 3. The van der Waals surface area contributed by atoms with Crippen molar-refractivity contribution >= 4 is 23.0 Å². The van der Waals surface area contributed by atoms with Gasteiger partial charge in [-0.25, -0.2) is 0 Å². The summed E-state index contributed by atoms with van der Waals surface area (Å²) in [4.78, 5) is 2.43. The van der Waals surface area contributed by atoms with E-state index in [1.54, 1.807) is 0 Å². The SMILES string of the molecule is S=C(NCCCN1CCOCC1)Nc1ccccc1. The maximum absolute atomic E-state index is 5.32. The zero-order valence-electron chi connectivity index (χ0n) is 11.1. The van der Waals surface area contributed by atoms with E-state index in [-0.39, 0.29) is 0 Å². The van der Waals surface area contributed by atoms with Crippen LogP contribution in [0.15, 0.2) is 30.3 Å². The summed E-state index contributed by atoms with van der Waals surface area (Å²) in [5.41, 5.74) is 1.02. The molecule has 0 radical (unpaired) electrons. The van der Waals surface area contributed by atoms with Crippen molar-refractivity contribution in [3.63, 3.8) is 0 Å². The van der Waals surface area contributed by atoms with Gasteiger partial charge in [-0.2, -0.15) is 0 Å². The standard InChI is InChI=1S/C14H21N3OS/c19-14(16-13-5-2-1-3-6-13)15-7-4-8-17-9-11-18-12-10-17/h1-3,5-6H,4,7-12H2,(H2,15,16,19). The van der Waals surface area contributed by atoms with E-state index in [4.69, 9.17) is 17.0 Å². The molecule has 0 amide bonds. The summed E-state index contributed by atoms with van der Waals surface area (Å²) in [6, 6.07) is 9.97. The Morgan fingerprint density at radius 1 is 1.21 bits per heavy atom. The Balaban J connectivity index is 1.56. The quantitative estimate of drug-likeness (QED) is 0.634. The molecule has 1 aromatic rings. The fraction of sp³-hybridized carbons (Fsp3) is 0.500. The maximum Gasteiger partial charge on any atom is 0.170 e. The van der Waals surface area contributed by atoms with E-state index in [0.29, 0.717) is 5.11 Å². The minimum atomic E-state index is 0.688. The molecular weight excluding hydrogens is 258 g/mol. The van der Waals surface area contributed by atoms with Crippen LogP contribution in [-0.4, -0.2) is 49.4 Å². The summed E-state index contributed by atoms with van der Waals surface area (Å²) >= 11 is 5.25. The first-order chi connectivity index (χ1) is 9.34. The highest BCUT2D eigenvalue weighted by atomic mass is 32.1. The van der Waals surface area contributed by atoms with Gasteiger partial charge in [0, 0.05) is 25.3 Å². The summed E-state index contributed by atoms with van der Waals surface area (Å²) in [6.45, 7) is 5.82. The van der Waals surface area contributed by atoms with E-state index in [1.807, 2.05) is 30.3 Å². The molecule has 19 heavy (non-hydrogen) atoms. The van der Waals surface area contributed by atoms with Crippen LogP contribution in [0.5, 0.6) is 0 Å². The number of para-hydroxylation sites is 1. The van der Waals surface area contributed by atoms with E-state index < -0.39 is 0 Å². The number of ether oxygens (including phenoxy) is 1. The molecule has 0 aliphatic carbocycles. The summed E-state index contributed by atoms with van der Waals surface area (Å²) in [7, 11) is 0. The lowest BCUT2D eigenvalue weighted by atomic mass is 10.3. The number of morpholine rings is 1. The second-order valence-electron chi connectivity index (χ2n) is 4.55. The van der Waals surface area contributed by atoms with Crippen molar-refractivity contribution in [2.45, 2.75) is 6.42 Å². The summed E-state index contributed by atoms with van der Waals surface area (Å²) < 4.78 is 5.32. The molecule has 4 nitrogen and oxygen atoms in total. The largest absolute Gasteiger partial charge is 0.379 e. The Labute approximate surface area is 120 Å². The fourth-order valence-electron chi connectivity index (χ4n) is 2.03. The average Bonchev–Trinajstić information content (AvgIpc) is 2.46. The second kappa shape index (κ2) is 8.09. The van der Waals surface area contributed by atoms with Gasteiger partial charge in [0.15, 0.2) is 5.11 Å². The molecular formula is C14H21N3OS. The highest BCUT2D eigenvalue weighted by molar-refractivity contribution is 7.80.